The fraction of sp³-hybridized carbons (Fsp3) is 0.0588. The molecule has 7 heteroatoms. The van der Waals surface area contributed by atoms with Crippen molar-refractivity contribution in [1.82, 2.24) is 0 Å². The molecule has 0 bridgehead atoms. The summed E-state index contributed by atoms with van der Waals surface area (Å²) in [6.45, 7) is 0.187. The largest absolute Gasteiger partial charge is 0.444 e. The molecule has 0 heterocycles. The van der Waals surface area contributed by atoms with Crippen molar-refractivity contribution in [2.75, 3.05) is 10.7 Å². The Morgan fingerprint density at radius 2 is 1.62 bits per heavy atom. The Kier molecular flexibility index (Phi) is 5.90. The molecule has 2 rings (SSSR count). The van der Waals surface area contributed by atoms with E-state index in [0.717, 1.165) is 5.56 Å². The first-order valence-electron chi connectivity index (χ1n) is 6.93. The van der Waals surface area contributed by atoms with Gasteiger partial charge in [0.25, 0.3) is 0 Å². The average Bonchev–Trinajstić information content (AvgIpc) is 2.63. The van der Waals surface area contributed by atoms with Crippen molar-refractivity contribution in [2.45, 2.75) is 6.61 Å². The quantitative estimate of drug-likeness (QED) is 0.649. The Morgan fingerprint density at radius 1 is 1.00 bits per heavy atom. The number of nitrogens with zero attached hydrogens (tertiary/aromatic N) is 3. The normalized spacial score (nSPS) is 9.08. The number of anilines is 2. The summed E-state index contributed by atoms with van der Waals surface area (Å²) >= 11 is 0. The first-order chi connectivity index (χ1) is 11.7. The van der Waals surface area contributed by atoms with Crippen LogP contribution >= 0.6 is 0 Å². The van der Waals surface area contributed by atoms with E-state index in [9.17, 15) is 4.79 Å². The van der Waals surface area contributed by atoms with Crippen molar-refractivity contribution in [2.24, 2.45) is 5.10 Å². The fourth-order valence-electron chi connectivity index (χ4n) is 1.70. The molecule has 2 aromatic rings. The van der Waals surface area contributed by atoms with Crippen molar-refractivity contribution in [3.05, 3.63) is 60.2 Å². The van der Waals surface area contributed by atoms with Crippen LogP contribution in [0.4, 0.5) is 16.2 Å². The zero-order valence-electron chi connectivity index (χ0n) is 12.6. The number of carbonyl (C=O) groups excluding carboxylic acids is 1. The molecule has 0 spiro atoms. The van der Waals surface area contributed by atoms with Crippen molar-refractivity contribution >= 4 is 23.2 Å². The van der Waals surface area contributed by atoms with E-state index < -0.39 is 6.09 Å². The summed E-state index contributed by atoms with van der Waals surface area (Å²) in [5, 5.41) is 23.4. The minimum atomic E-state index is -0.561. The van der Waals surface area contributed by atoms with Gasteiger partial charge in [-0.25, -0.2) is 4.79 Å². The molecule has 0 atom stereocenters. The topological polar surface area (TPSA) is 110 Å². The van der Waals surface area contributed by atoms with Crippen LogP contribution in [0, 0.1) is 22.7 Å². The number of ether oxygens (including phenoxy) is 1. The van der Waals surface area contributed by atoms with Crippen LogP contribution in [0.1, 0.15) is 5.56 Å². The molecule has 2 aromatic carbocycles. The van der Waals surface area contributed by atoms with Gasteiger partial charge in [0.2, 0.25) is 5.71 Å². The maximum absolute atomic E-state index is 11.7. The number of nitriles is 2. The van der Waals surface area contributed by atoms with Gasteiger partial charge < -0.3 is 4.74 Å². The smallest absolute Gasteiger partial charge is 0.411 e. The van der Waals surface area contributed by atoms with Crippen LogP contribution in [0.25, 0.3) is 0 Å². The second kappa shape index (κ2) is 8.57. The summed E-state index contributed by atoms with van der Waals surface area (Å²) in [6, 6.07) is 19.2. The van der Waals surface area contributed by atoms with E-state index in [2.05, 4.69) is 15.8 Å². The first kappa shape index (κ1) is 16.5. The molecule has 0 fully saturated rings. The molecule has 0 unspecified atom stereocenters. The van der Waals surface area contributed by atoms with Gasteiger partial charge in [-0.3, -0.25) is 10.7 Å². The third-order valence-corrected chi connectivity index (χ3v) is 2.85. The lowest BCUT2D eigenvalue weighted by Gasteiger charge is -2.07. The van der Waals surface area contributed by atoms with E-state index in [-0.39, 0.29) is 12.3 Å². The number of hydrogen-bond acceptors (Lipinski definition) is 6. The molecule has 0 radical (unpaired) electrons. The van der Waals surface area contributed by atoms with Crippen molar-refractivity contribution < 1.29 is 9.53 Å². The third-order valence-electron chi connectivity index (χ3n) is 2.85. The van der Waals surface area contributed by atoms with Gasteiger partial charge >= 0.3 is 6.09 Å². The SMILES string of the molecule is N#CC(C#N)=NNc1ccc(NC(=O)OCc2ccccc2)cc1. The number of amides is 1. The highest BCUT2D eigenvalue weighted by atomic mass is 16.5. The summed E-state index contributed by atoms with van der Waals surface area (Å²) in [7, 11) is 0. The van der Waals surface area contributed by atoms with Crippen molar-refractivity contribution in [3.8, 4) is 12.1 Å². The van der Waals surface area contributed by atoms with E-state index in [1.165, 1.54) is 0 Å². The number of rotatable bonds is 5. The summed E-state index contributed by atoms with van der Waals surface area (Å²) in [5.74, 6) is 0. The van der Waals surface area contributed by atoms with E-state index in [0.29, 0.717) is 11.4 Å². The molecule has 118 valence electrons. The van der Waals surface area contributed by atoms with Gasteiger partial charge in [-0.05, 0) is 29.8 Å². The van der Waals surface area contributed by atoms with Gasteiger partial charge in [0.05, 0.1) is 5.69 Å². The highest BCUT2D eigenvalue weighted by Gasteiger charge is 2.04. The van der Waals surface area contributed by atoms with Gasteiger partial charge in [0.1, 0.15) is 18.7 Å². The van der Waals surface area contributed by atoms with Gasteiger partial charge in [0.15, 0.2) is 0 Å². The average molecular weight is 319 g/mol. The molecule has 0 aliphatic heterocycles. The molecule has 0 aromatic heterocycles. The van der Waals surface area contributed by atoms with Crippen molar-refractivity contribution in [1.29, 1.82) is 10.5 Å². The summed E-state index contributed by atoms with van der Waals surface area (Å²) < 4.78 is 5.11. The molecule has 1 amide bonds. The minimum Gasteiger partial charge on any atom is -0.444 e. The number of nitrogens with one attached hydrogen (secondary N) is 2. The Labute approximate surface area is 138 Å². The highest BCUT2D eigenvalue weighted by molar-refractivity contribution is 6.10. The minimum absolute atomic E-state index is 0.187. The van der Waals surface area contributed by atoms with Crippen LogP contribution < -0.4 is 10.7 Å². The Balaban J connectivity index is 1.85. The predicted octanol–water partition coefficient (Wildman–Crippen LogP) is 3.25. The van der Waals surface area contributed by atoms with Gasteiger partial charge in [-0.2, -0.15) is 15.6 Å². The molecule has 0 aliphatic carbocycles. The molecular formula is C17H13N5O2. The Bertz CT molecular complexity index is 786. The number of hydrogen-bond donors (Lipinski definition) is 2. The van der Waals surface area contributed by atoms with Crippen LogP contribution in [-0.2, 0) is 11.3 Å². The zero-order chi connectivity index (χ0) is 17.2. The molecular weight excluding hydrogens is 306 g/mol. The van der Waals surface area contributed by atoms with Crippen LogP contribution in [0.15, 0.2) is 59.7 Å². The highest BCUT2D eigenvalue weighted by Crippen LogP contribution is 2.14. The van der Waals surface area contributed by atoms with Gasteiger partial charge in [-0.1, -0.05) is 30.3 Å². The van der Waals surface area contributed by atoms with Crippen LogP contribution in [0.2, 0.25) is 0 Å². The lowest BCUT2D eigenvalue weighted by Crippen LogP contribution is -2.13. The standard InChI is InChI=1S/C17H13N5O2/c18-10-16(11-19)22-21-15-8-6-14(7-9-15)20-17(23)24-12-13-4-2-1-3-5-13/h1-9,21H,12H2,(H,20,23). The summed E-state index contributed by atoms with van der Waals surface area (Å²) in [5.41, 5.74) is 4.31. The van der Waals surface area contributed by atoms with E-state index in [1.54, 1.807) is 36.4 Å². The maximum atomic E-state index is 11.7. The molecule has 0 aliphatic rings. The number of benzene rings is 2. The second-order valence-electron chi connectivity index (χ2n) is 4.56. The van der Waals surface area contributed by atoms with Crippen molar-refractivity contribution in [3.63, 3.8) is 0 Å². The van der Waals surface area contributed by atoms with Crippen LogP contribution in [-0.4, -0.2) is 11.8 Å². The summed E-state index contributed by atoms with van der Waals surface area (Å²) in [6.07, 6.45) is -0.561. The Morgan fingerprint density at radius 3 is 2.25 bits per heavy atom. The fourth-order valence-corrected chi connectivity index (χ4v) is 1.70. The van der Waals surface area contributed by atoms with E-state index >= 15 is 0 Å². The van der Waals surface area contributed by atoms with Crippen LogP contribution in [0.5, 0.6) is 0 Å². The van der Waals surface area contributed by atoms with E-state index in [4.69, 9.17) is 15.3 Å². The first-order valence-corrected chi connectivity index (χ1v) is 6.93. The third kappa shape index (κ3) is 5.17. The molecule has 0 saturated carbocycles. The molecule has 0 saturated heterocycles. The second-order valence-corrected chi connectivity index (χ2v) is 4.56. The molecule has 2 N–H and O–H groups in total. The number of carbonyl (C=O) groups is 1. The van der Waals surface area contributed by atoms with Crippen LogP contribution in [0.3, 0.4) is 0 Å². The predicted molar refractivity (Wildman–Crippen MR) is 89.0 cm³/mol. The van der Waals surface area contributed by atoms with Gasteiger partial charge in [-0.15, -0.1) is 0 Å². The maximum Gasteiger partial charge on any atom is 0.411 e. The lowest BCUT2D eigenvalue weighted by atomic mass is 10.2. The zero-order valence-corrected chi connectivity index (χ0v) is 12.6. The monoisotopic (exact) mass is 319 g/mol. The molecule has 7 nitrogen and oxygen atoms in total. The number of hydrazone groups is 1. The summed E-state index contributed by atoms with van der Waals surface area (Å²) in [4.78, 5) is 11.7. The van der Waals surface area contributed by atoms with E-state index in [1.807, 2.05) is 30.3 Å². The lowest BCUT2D eigenvalue weighted by molar-refractivity contribution is 0.155. The Hall–Kier alpha value is -3.84. The molecule has 24 heavy (non-hydrogen) atoms. The van der Waals surface area contributed by atoms with Gasteiger partial charge in [0, 0.05) is 5.69 Å².